The van der Waals surface area contributed by atoms with E-state index in [1.165, 1.54) is 0 Å². The van der Waals surface area contributed by atoms with Crippen LogP contribution >= 0.6 is 0 Å². The summed E-state index contributed by atoms with van der Waals surface area (Å²) >= 11 is 0. The number of anilines is 1. The molecule has 31 heavy (non-hydrogen) atoms. The van der Waals surface area contributed by atoms with E-state index in [2.05, 4.69) is 30.2 Å². The number of aliphatic hydroxyl groups is 1. The molecule has 0 bridgehead atoms. The summed E-state index contributed by atoms with van der Waals surface area (Å²) in [6, 6.07) is 3.79. The molecular weight excluding hydrogens is 392 g/mol. The zero-order chi connectivity index (χ0) is 21.8. The van der Waals surface area contributed by atoms with E-state index in [0.29, 0.717) is 18.1 Å². The molecule has 0 saturated carbocycles. The van der Waals surface area contributed by atoms with Crippen molar-refractivity contribution in [2.24, 2.45) is 5.92 Å². The molecule has 1 aliphatic rings. The van der Waals surface area contributed by atoms with E-state index in [0.717, 1.165) is 48.8 Å². The highest BCUT2D eigenvalue weighted by Crippen LogP contribution is 2.24. The van der Waals surface area contributed by atoms with E-state index in [4.69, 9.17) is 0 Å². The van der Waals surface area contributed by atoms with Gasteiger partial charge < -0.3 is 15.3 Å². The van der Waals surface area contributed by atoms with Gasteiger partial charge in [-0.1, -0.05) is 0 Å². The molecule has 1 unspecified atom stereocenters. The SMILES string of the molecule is CC(C)(O)CN1CCCC(C(=O)Nc2cc3cc(-c4cnccn4)ncc3cn2)CC1. The normalized spacial score (nSPS) is 18.0. The van der Waals surface area contributed by atoms with Crippen molar-refractivity contribution in [2.75, 3.05) is 25.0 Å². The molecule has 4 heterocycles. The average Bonchev–Trinajstić information content (AvgIpc) is 2.98. The lowest BCUT2D eigenvalue weighted by atomic mass is 10.00. The molecule has 3 aromatic heterocycles. The fourth-order valence-corrected chi connectivity index (χ4v) is 4.03. The molecule has 3 aromatic rings. The average molecular weight is 421 g/mol. The van der Waals surface area contributed by atoms with Crippen LogP contribution in [0.2, 0.25) is 0 Å². The van der Waals surface area contributed by atoms with Crippen LogP contribution in [0.4, 0.5) is 5.82 Å². The Morgan fingerprint density at radius 1 is 1.06 bits per heavy atom. The second-order valence-corrected chi connectivity index (χ2v) is 8.78. The minimum Gasteiger partial charge on any atom is -0.389 e. The third kappa shape index (κ3) is 5.59. The number of carbonyl (C=O) groups is 1. The highest BCUT2D eigenvalue weighted by Gasteiger charge is 2.26. The number of nitrogens with one attached hydrogen (secondary N) is 1. The van der Waals surface area contributed by atoms with Crippen molar-refractivity contribution in [2.45, 2.75) is 38.7 Å². The lowest BCUT2D eigenvalue weighted by Gasteiger charge is -2.27. The van der Waals surface area contributed by atoms with Gasteiger partial charge in [0.1, 0.15) is 11.5 Å². The smallest absolute Gasteiger partial charge is 0.228 e. The van der Waals surface area contributed by atoms with Crippen LogP contribution in [0.5, 0.6) is 0 Å². The van der Waals surface area contributed by atoms with Crippen LogP contribution in [0.1, 0.15) is 33.1 Å². The number of β-amino-alcohol motifs (C(OH)–C–C–N with tert-alkyl or cyclic N) is 1. The van der Waals surface area contributed by atoms with Gasteiger partial charge in [0.25, 0.3) is 0 Å². The number of aromatic nitrogens is 4. The van der Waals surface area contributed by atoms with Crippen molar-refractivity contribution in [1.29, 1.82) is 0 Å². The fraction of sp³-hybridized carbons (Fsp3) is 0.435. The van der Waals surface area contributed by atoms with E-state index < -0.39 is 5.60 Å². The first-order valence-electron chi connectivity index (χ1n) is 10.7. The number of hydrogen-bond donors (Lipinski definition) is 2. The summed E-state index contributed by atoms with van der Waals surface area (Å²) < 4.78 is 0. The number of amides is 1. The van der Waals surface area contributed by atoms with Crippen molar-refractivity contribution < 1.29 is 9.90 Å². The Morgan fingerprint density at radius 2 is 1.90 bits per heavy atom. The highest BCUT2D eigenvalue weighted by atomic mass is 16.3. The zero-order valence-electron chi connectivity index (χ0n) is 18.0. The summed E-state index contributed by atoms with van der Waals surface area (Å²) in [6.45, 7) is 5.97. The van der Waals surface area contributed by atoms with E-state index in [1.54, 1.807) is 31.0 Å². The third-order valence-electron chi connectivity index (χ3n) is 5.48. The van der Waals surface area contributed by atoms with Gasteiger partial charge in [0.05, 0.1) is 17.5 Å². The van der Waals surface area contributed by atoms with Crippen LogP contribution in [0.15, 0.2) is 43.1 Å². The van der Waals surface area contributed by atoms with E-state index >= 15 is 0 Å². The van der Waals surface area contributed by atoms with Crippen molar-refractivity contribution in [3.8, 4) is 11.4 Å². The monoisotopic (exact) mass is 420 g/mol. The van der Waals surface area contributed by atoms with Crippen LogP contribution < -0.4 is 5.32 Å². The first kappa shape index (κ1) is 21.3. The molecule has 0 aromatic carbocycles. The van der Waals surface area contributed by atoms with Crippen molar-refractivity contribution in [1.82, 2.24) is 24.8 Å². The van der Waals surface area contributed by atoms with E-state index in [1.807, 2.05) is 26.0 Å². The zero-order valence-corrected chi connectivity index (χ0v) is 18.0. The lowest BCUT2D eigenvalue weighted by Crippen LogP contribution is -2.39. The van der Waals surface area contributed by atoms with Crippen LogP contribution in [0.3, 0.4) is 0 Å². The van der Waals surface area contributed by atoms with E-state index in [-0.39, 0.29) is 11.8 Å². The van der Waals surface area contributed by atoms with Crippen LogP contribution in [-0.2, 0) is 4.79 Å². The van der Waals surface area contributed by atoms with Gasteiger partial charge in [0.2, 0.25) is 5.91 Å². The Labute approximate surface area is 181 Å². The summed E-state index contributed by atoms with van der Waals surface area (Å²) in [5.41, 5.74) is 0.691. The second-order valence-electron chi connectivity index (χ2n) is 8.78. The van der Waals surface area contributed by atoms with Crippen LogP contribution in [0, 0.1) is 5.92 Å². The van der Waals surface area contributed by atoms with Crippen molar-refractivity contribution in [3.05, 3.63) is 43.1 Å². The number of hydrogen-bond acceptors (Lipinski definition) is 7. The quantitative estimate of drug-likeness (QED) is 0.654. The molecule has 8 heteroatoms. The van der Waals surface area contributed by atoms with Crippen molar-refractivity contribution in [3.63, 3.8) is 0 Å². The van der Waals surface area contributed by atoms with Crippen LogP contribution in [-0.4, -0.2) is 61.1 Å². The summed E-state index contributed by atoms with van der Waals surface area (Å²) in [5, 5.41) is 14.9. The summed E-state index contributed by atoms with van der Waals surface area (Å²) in [5.74, 6) is 0.475. The minimum absolute atomic E-state index is 0.000152. The number of rotatable bonds is 5. The lowest BCUT2D eigenvalue weighted by molar-refractivity contribution is -0.120. The molecule has 0 radical (unpaired) electrons. The van der Waals surface area contributed by atoms with Gasteiger partial charge in [-0.05, 0) is 63.7 Å². The topological polar surface area (TPSA) is 104 Å². The third-order valence-corrected chi connectivity index (χ3v) is 5.48. The van der Waals surface area contributed by atoms with Gasteiger partial charge in [-0.2, -0.15) is 0 Å². The fourth-order valence-electron chi connectivity index (χ4n) is 4.03. The Balaban J connectivity index is 1.44. The maximum Gasteiger partial charge on any atom is 0.228 e. The van der Waals surface area contributed by atoms with Gasteiger partial charge in [-0.25, -0.2) is 4.98 Å². The molecule has 2 N–H and O–H groups in total. The molecule has 0 aliphatic carbocycles. The van der Waals surface area contributed by atoms with Gasteiger partial charge >= 0.3 is 0 Å². The van der Waals surface area contributed by atoms with Gasteiger partial charge in [-0.3, -0.25) is 19.7 Å². The standard InChI is InChI=1S/C23H28N6O2/c1-23(2,31)15-29-8-3-4-16(5-9-29)22(30)28-21-11-17-10-19(20-14-24-6-7-25-20)26-12-18(17)13-27-21/h6-7,10-14,16,31H,3-5,8-9,15H2,1-2H3,(H,27,28,30). The minimum atomic E-state index is -0.726. The molecule has 1 saturated heterocycles. The first-order chi connectivity index (χ1) is 14.9. The van der Waals surface area contributed by atoms with Gasteiger partial charge in [0, 0.05) is 42.6 Å². The number of fused-ring (bicyclic) bond motifs is 1. The molecule has 1 atom stereocenters. The molecule has 162 valence electrons. The van der Waals surface area contributed by atoms with Gasteiger partial charge in [0.15, 0.2) is 0 Å². The van der Waals surface area contributed by atoms with E-state index in [9.17, 15) is 9.90 Å². The summed E-state index contributed by atoms with van der Waals surface area (Å²) in [6.07, 6.45) is 10.9. The summed E-state index contributed by atoms with van der Waals surface area (Å²) in [4.78, 5) is 32.3. The molecule has 1 fully saturated rings. The second kappa shape index (κ2) is 9.03. The Bertz CT molecular complexity index is 1050. The number of pyridine rings is 2. The Morgan fingerprint density at radius 3 is 2.68 bits per heavy atom. The molecular formula is C23H28N6O2. The maximum atomic E-state index is 12.9. The number of nitrogens with zero attached hydrogens (tertiary/aromatic N) is 5. The molecule has 8 nitrogen and oxygen atoms in total. The van der Waals surface area contributed by atoms with Crippen LogP contribution in [0.25, 0.3) is 22.2 Å². The number of carbonyl (C=O) groups excluding carboxylic acids is 1. The molecule has 0 spiro atoms. The Hall–Kier alpha value is -2.97. The summed E-state index contributed by atoms with van der Waals surface area (Å²) in [7, 11) is 0. The Kier molecular flexibility index (Phi) is 6.20. The van der Waals surface area contributed by atoms with Gasteiger partial charge in [-0.15, -0.1) is 0 Å². The number of likely N-dealkylation sites (tertiary alicyclic amines) is 1. The molecule has 1 amide bonds. The van der Waals surface area contributed by atoms with Crippen molar-refractivity contribution >= 4 is 22.5 Å². The first-order valence-corrected chi connectivity index (χ1v) is 10.7. The largest absolute Gasteiger partial charge is 0.389 e. The molecule has 4 rings (SSSR count). The predicted molar refractivity (Wildman–Crippen MR) is 119 cm³/mol. The maximum absolute atomic E-state index is 12.9. The molecule has 1 aliphatic heterocycles. The highest BCUT2D eigenvalue weighted by molar-refractivity contribution is 5.94. The predicted octanol–water partition coefficient (Wildman–Crippen LogP) is 2.90.